The van der Waals surface area contributed by atoms with Crippen LogP contribution in [0, 0.1) is 6.92 Å². The molecule has 0 saturated carbocycles. The molecule has 0 aliphatic heterocycles. The minimum atomic E-state index is 0.00423. The van der Waals surface area contributed by atoms with Crippen molar-refractivity contribution in [3.05, 3.63) is 47.5 Å². The average molecular weight is 285 g/mol. The molecule has 0 bridgehead atoms. The van der Waals surface area contributed by atoms with E-state index in [1.807, 2.05) is 18.2 Å². The molecule has 0 fully saturated rings. The van der Waals surface area contributed by atoms with Gasteiger partial charge in [-0.15, -0.1) is 0 Å². The van der Waals surface area contributed by atoms with E-state index in [2.05, 4.69) is 39.8 Å². The van der Waals surface area contributed by atoms with Crippen LogP contribution in [-0.4, -0.2) is 7.11 Å². The fraction of sp³-hybridized carbons (Fsp3) is 0.333. The molecule has 0 amide bonds. The molecule has 0 atom stereocenters. The zero-order valence-electron chi connectivity index (χ0n) is 13.4. The van der Waals surface area contributed by atoms with Crippen molar-refractivity contribution in [3.8, 4) is 17.2 Å². The van der Waals surface area contributed by atoms with Crippen LogP contribution in [0.4, 0.5) is 5.69 Å². The van der Waals surface area contributed by atoms with Crippen molar-refractivity contribution in [2.45, 2.75) is 33.1 Å². The van der Waals surface area contributed by atoms with Crippen molar-refractivity contribution >= 4 is 5.69 Å². The highest BCUT2D eigenvalue weighted by molar-refractivity contribution is 5.58. The van der Waals surface area contributed by atoms with Gasteiger partial charge in [0.1, 0.15) is 11.5 Å². The van der Waals surface area contributed by atoms with Gasteiger partial charge in [0.05, 0.1) is 12.8 Å². The molecule has 3 heteroatoms. The maximum absolute atomic E-state index is 6.07. The molecule has 0 aromatic heterocycles. The Bertz CT molecular complexity index is 642. The summed E-state index contributed by atoms with van der Waals surface area (Å²) in [5.41, 5.74) is 8.92. The summed E-state index contributed by atoms with van der Waals surface area (Å²) in [6, 6.07) is 11.7. The smallest absolute Gasteiger partial charge is 0.150 e. The lowest BCUT2D eigenvalue weighted by Gasteiger charge is -2.23. The molecular weight excluding hydrogens is 262 g/mol. The zero-order chi connectivity index (χ0) is 15.6. The van der Waals surface area contributed by atoms with Gasteiger partial charge < -0.3 is 15.2 Å². The van der Waals surface area contributed by atoms with Crippen LogP contribution < -0.4 is 15.2 Å². The Labute approximate surface area is 126 Å². The molecule has 2 aromatic rings. The monoisotopic (exact) mass is 285 g/mol. The lowest BCUT2D eigenvalue weighted by molar-refractivity contribution is 0.412. The molecule has 0 unspecified atom stereocenters. The summed E-state index contributed by atoms with van der Waals surface area (Å²) in [5, 5.41) is 0. The first-order valence-electron chi connectivity index (χ1n) is 7.04. The van der Waals surface area contributed by atoms with Crippen molar-refractivity contribution in [3.63, 3.8) is 0 Å². The maximum atomic E-state index is 6.07. The molecule has 0 saturated heterocycles. The molecule has 2 rings (SSSR count). The molecule has 112 valence electrons. The number of aryl methyl sites for hydroxylation is 1. The Morgan fingerprint density at radius 3 is 2.24 bits per heavy atom. The summed E-state index contributed by atoms with van der Waals surface area (Å²) < 4.78 is 11.2. The van der Waals surface area contributed by atoms with Gasteiger partial charge in [-0.3, -0.25) is 0 Å². The first kappa shape index (κ1) is 15.2. The largest absolute Gasteiger partial charge is 0.497 e. The predicted octanol–water partition coefficient (Wildman–Crippen LogP) is 4.68. The Kier molecular flexibility index (Phi) is 4.12. The van der Waals surface area contributed by atoms with Crippen molar-refractivity contribution < 1.29 is 9.47 Å². The van der Waals surface area contributed by atoms with Crippen LogP contribution in [0.3, 0.4) is 0 Å². The van der Waals surface area contributed by atoms with Gasteiger partial charge in [0.2, 0.25) is 0 Å². The van der Waals surface area contributed by atoms with Gasteiger partial charge in [-0.05, 0) is 36.1 Å². The highest BCUT2D eigenvalue weighted by atomic mass is 16.5. The summed E-state index contributed by atoms with van der Waals surface area (Å²) >= 11 is 0. The average Bonchev–Trinajstić information content (AvgIpc) is 2.39. The van der Waals surface area contributed by atoms with Crippen LogP contribution in [0.1, 0.15) is 31.9 Å². The van der Waals surface area contributed by atoms with E-state index in [9.17, 15) is 0 Å². The lowest BCUT2D eigenvalue weighted by atomic mass is 9.86. The van der Waals surface area contributed by atoms with E-state index in [1.165, 1.54) is 0 Å². The van der Waals surface area contributed by atoms with Gasteiger partial charge >= 0.3 is 0 Å². The summed E-state index contributed by atoms with van der Waals surface area (Å²) in [4.78, 5) is 0. The Balaban J connectivity index is 2.41. The molecule has 0 heterocycles. The molecule has 21 heavy (non-hydrogen) atoms. The summed E-state index contributed by atoms with van der Waals surface area (Å²) in [7, 11) is 1.62. The SMILES string of the molecule is COc1ccc(Oc2cc(C)ccc2C(C)(C)C)c(N)c1. The molecule has 2 aromatic carbocycles. The van der Waals surface area contributed by atoms with E-state index in [0.717, 1.165) is 22.6 Å². The number of methoxy groups -OCH3 is 1. The third-order valence-corrected chi connectivity index (χ3v) is 3.38. The summed E-state index contributed by atoms with van der Waals surface area (Å²) in [6.45, 7) is 8.56. The number of anilines is 1. The Morgan fingerprint density at radius 1 is 0.952 bits per heavy atom. The van der Waals surface area contributed by atoms with Crippen molar-refractivity contribution in [1.29, 1.82) is 0 Å². The predicted molar refractivity (Wildman–Crippen MR) is 87.4 cm³/mol. The second-order valence-electron chi connectivity index (χ2n) is 6.26. The topological polar surface area (TPSA) is 44.5 Å². The van der Waals surface area contributed by atoms with Crippen molar-refractivity contribution in [2.75, 3.05) is 12.8 Å². The Hall–Kier alpha value is -2.16. The number of nitrogen functional groups attached to an aromatic ring is 1. The van der Waals surface area contributed by atoms with E-state index in [4.69, 9.17) is 15.2 Å². The van der Waals surface area contributed by atoms with Crippen LogP contribution in [0.15, 0.2) is 36.4 Å². The van der Waals surface area contributed by atoms with Crippen LogP contribution >= 0.6 is 0 Å². The number of nitrogens with two attached hydrogens (primary N) is 1. The number of ether oxygens (including phenoxy) is 2. The van der Waals surface area contributed by atoms with E-state index in [-0.39, 0.29) is 5.41 Å². The van der Waals surface area contributed by atoms with Gasteiger partial charge in [0.15, 0.2) is 5.75 Å². The molecular formula is C18H23NO2. The fourth-order valence-corrected chi connectivity index (χ4v) is 2.20. The third-order valence-electron chi connectivity index (χ3n) is 3.38. The summed E-state index contributed by atoms with van der Waals surface area (Å²) in [5.74, 6) is 2.21. The highest BCUT2D eigenvalue weighted by Crippen LogP contribution is 2.37. The van der Waals surface area contributed by atoms with Crippen LogP contribution in [0.5, 0.6) is 17.2 Å². The van der Waals surface area contributed by atoms with Gasteiger partial charge in [-0.25, -0.2) is 0 Å². The normalized spacial score (nSPS) is 11.3. The van der Waals surface area contributed by atoms with Crippen LogP contribution in [0.25, 0.3) is 0 Å². The maximum Gasteiger partial charge on any atom is 0.150 e. The highest BCUT2D eigenvalue weighted by Gasteiger charge is 2.20. The van der Waals surface area contributed by atoms with Gasteiger partial charge in [-0.2, -0.15) is 0 Å². The molecule has 0 aliphatic rings. The molecule has 0 aliphatic carbocycles. The molecule has 0 spiro atoms. The van der Waals surface area contributed by atoms with Gasteiger partial charge in [-0.1, -0.05) is 32.9 Å². The van der Waals surface area contributed by atoms with Gasteiger partial charge in [0.25, 0.3) is 0 Å². The lowest BCUT2D eigenvalue weighted by Crippen LogP contribution is -2.12. The van der Waals surface area contributed by atoms with Crippen LogP contribution in [-0.2, 0) is 5.41 Å². The second-order valence-corrected chi connectivity index (χ2v) is 6.26. The first-order valence-corrected chi connectivity index (χ1v) is 7.04. The minimum absolute atomic E-state index is 0.00423. The van der Waals surface area contributed by atoms with E-state index in [1.54, 1.807) is 13.2 Å². The second kappa shape index (κ2) is 5.68. The zero-order valence-corrected chi connectivity index (χ0v) is 13.4. The van der Waals surface area contributed by atoms with Crippen molar-refractivity contribution in [2.24, 2.45) is 0 Å². The van der Waals surface area contributed by atoms with E-state index < -0.39 is 0 Å². The van der Waals surface area contributed by atoms with Crippen LogP contribution in [0.2, 0.25) is 0 Å². The number of hydrogen-bond acceptors (Lipinski definition) is 3. The summed E-state index contributed by atoms with van der Waals surface area (Å²) in [6.07, 6.45) is 0. The van der Waals surface area contributed by atoms with Gasteiger partial charge in [0, 0.05) is 11.6 Å². The first-order chi connectivity index (χ1) is 9.81. The quantitative estimate of drug-likeness (QED) is 0.833. The standard InChI is InChI=1S/C18H23NO2/c1-12-6-8-14(18(2,3)4)17(10-12)21-16-9-7-13(20-5)11-15(16)19/h6-11H,19H2,1-5H3. The Morgan fingerprint density at radius 2 is 1.67 bits per heavy atom. The number of hydrogen-bond donors (Lipinski definition) is 1. The molecule has 3 nitrogen and oxygen atoms in total. The molecule has 0 radical (unpaired) electrons. The number of benzene rings is 2. The fourth-order valence-electron chi connectivity index (χ4n) is 2.20. The van der Waals surface area contributed by atoms with Crippen molar-refractivity contribution in [1.82, 2.24) is 0 Å². The number of rotatable bonds is 3. The molecule has 2 N–H and O–H groups in total. The third kappa shape index (κ3) is 3.48. The van der Waals surface area contributed by atoms with E-state index in [0.29, 0.717) is 11.4 Å². The van der Waals surface area contributed by atoms with E-state index >= 15 is 0 Å². The minimum Gasteiger partial charge on any atom is -0.497 e.